The fourth-order valence-electron chi connectivity index (χ4n) is 2.65. The van der Waals surface area contributed by atoms with E-state index in [1.807, 2.05) is 0 Å². The highest BCUT2D eigenvalue weighted by Crippen LogP contribution is 2.26. The van der Waals surface area contributed by atoms with Crippen LogP contribution in [-0.4, -0.2) is 11.2 Å². The van der Waals surface area contributed by atoms with Crippen molar-refractivity contribution in [3.8, 4) is 0 Å². The van der Waals surface area contributed by atoms with Crippen LogP contribution in [0.25, 0.3) is 0 Å². The second-order valence-corrected chi connectivity index (χ2v) is 5.24. The predicted octanol–water partition coefficient (Wildman–Crippen LogP) is 3.73. The van der Waals surface area contributed by atoms with Crippen LogP contribution in [0.4, 0.5) is 0 Å². The first-order valence-corrected chi connectivity index (χ1v) is 6.63. The fraction of sp³-hybridized carbons (Fsp3) is 0.500. The van der Waals surface area contributed by atoms with E-state index in [-0.39, 0.29) is 6.10 Å². The van der Waals surface area contributed by atoms with Gasteiger partial charge in [-0.05, 0) is 50.5 Å². The van der Waals surface area contributed by atoms with E-state index < -0.39 is 0 Å². The van der Waals surface area contributed by atoms with Crippen LogP contribution in [0, 0.1) is 5.92 Å². The van der Waals surface area contributed by atoms with Crippen LogP contribution in [0.5, 0.6) is 0 Å². The number of rotatable bonds is 3. The van der Waals surface area contributed by atoms with E-state index in [1.54, 1.807) is 0 Å². The van der Waals surface area contributed by atoms with Crippen LogP contribution in [0.1, 0.15) is 38.2 Å². The van der Waals surface area contributed by atoms with Gasteiger partial charge in [-0.2, -0.15) is 0 Å². The molecule has 0 amide bonds. The lowest BCUT2D eigenvalue weighted by Gasteiger charge is -2.23. The summed E-state index contributed by atoms with van der Waals surface area (Å²) in [4.78, 5) is 0. The maximum absolute atomic E-state index is 9.48. The number of aliphatic hydroxyl groups excluding tert-OH is 1. The molecule has 1 aliphatic rings. The second kappa shape index (κ2) is 6.02. The number of aliphatic hydroxyl groups is 1. The van der Waals surface area contributed by atoms with Crippen molar-refractivity contribution in [2.75, 3.05) is 0 Å². The Kier molecular flexibility index (Phi) is 4.38. The largest absolute Gasteiger partial charge is 0.393 e. The Hall–Kier alpha value is -1.08. The highest BCUT2D eigenvalue weighted by molar-refractivity contribution is 5.21. The molecule has 92 valence electrons. The first-order valence-electron chi connectivity index (χ1n) is 6.63. The molecule has 1 nitrogen and oxygen atoms in total. The molecule has 1 aromatic rings. The van der Waals surface area contributed by atoms with Gasteiger partial charge in [0.2, 0.25) is 0 Å². The number of allylic oxidation sites excluding steroid dienone is 2. The van der Waals surface area contributed by atoms with Crippen molar-refractivity contribution in [3.05, 3.63) is 47.5 Å². The molecule has 1 aliphatic carbocycles. The minimum atomic E-state index is -0.0471. The minimum Gasteiger partial charge on any atom is -0.393 e. The molecule has 0 bridgehead atoms. The van der Waals surface area contributed by atoms with Gasteiger partial charge in [-0.3, -0.25) is 0 Å². The van der Waals surface area contributed by atoms with Gasteiger partial charge in [0.05, 0.1) is 6.10 Å². The third-order valence-electron chi connectivity index (χ3n) is 3.59. The highest BCUT2D eigenvalue weighted by atomic mass is 16.3. The third kappa shape index (κ3) is 4.01. The highest BCUT2D eigenvalue weighted by Gasteiger charge is 2.17. The summed E-state index contributed by atoms with van der Waals surface area (Å²) < 4.78 is 0. The Morgan fingerprint density at radius 3 is 2.47 bits per heavy atom. The molecule has 1 heteroatoms. The molecule has 2 rings (SSSR count). The first kappa shape index (κ1) is 12.4. The van der Waals surface area contributed by atoms with Gasteiger partial charge >= 0.3 is 0 Å². The standard InChI is InChI=1S/C16H22O/c1-13(11-14-5-3-2-4-6-14)12-15-7-9-16(17)10-8-15/h2-6,12,15-17H,7-11H2,1H3. The lowest BCUT2D eigenvalue weighted by Crippen LogP contribution is -2.17. The molecule has 0 atom stereocenters. The van der Waals surface area contributed by atoms with Gasteiger partial charge in [0.1, 0.15) is 0 Å². The molecule has 0 saturated heterocycles. The van der Waals surface area contributed by atoms with E-state index in [2.05, 4.69) is 43.3 Å². The zero-order chi connectivity index (χ0) is 12.1. The molecule has 1 aromatic carbocycles. The molecule has 0 aliphatic heterocycles. The maximum atomic E-state index is 9.48. The molecule has 0 unspecified atom stereocenters. The van der Waals surface area contributed by atoms with Crippen molar-refractivity contribution in [1.29, 1.82) is 0 Å². The summed E-state index contributed by atoms with van der Waals surface area (Å²) in [6.45, 7) is 2.22. The van der Waals surface area contributed by atoms with Crippen LogP contribution < -0.4 is 0 Å². The summed E-state index contributed by atoms with van der Waals surface area (Å²) in [7, 11) is 0. The Morgan fingerprint density at radius 1 is 1.18 bits per heavy atom. The van der Waals surface area contributed by atoms with Crippen molar-refractivity contribution in [1.82, 2.24) is 0 Å². The van der Waals surface area contributed by atoms with Gasteiger partial charge in [0.25, 0.3) is 0 Å². The van der Waals surface area contributed by atoms with Gasteiger partial charge in [0.15, 0.2) is 0 Å². The first-order chi connectivity index (χ1) is 8.24. The monoisotopic (exact) mass is 230 g/mol. The summed E-state index contributed by atoms with van der Waals surface area (Å²) >= 11 is 0. The van der Waals surface area contributed by atoms with E-state index in [1.165, 1.54) is 11.1 Å². The molecular weight excluding hydrogens is 208 g/mol. The summed E-state index contributed by atoms with van der Waals surface area (Å²) in [5.74, 6) is 0.683. The zero-order valence-corrected chi connectivity index (χ0v) is 10.6. The maximum Gasteiger partial charge on any atom is 0.0540 e. The molecule has 17 heavy (non-hydrogen) atoms. The molecule has 0 spiro atoms. The van der Waals surface area contributed by atoms with Crippen molar-refractivity contribution in [2.45, 2.75) is 45.1 Å². The Morgan fingerprint density at radius 2 is 1.82 bits per heavy atom. The molecule has 1 saturated carbocycles. The number of hydrogen-bond donors (Lipinski definition) is 1. The van der Waals surface area contributed by atoms with Crippen molar-refractivity contribution in [2.24, 2.45) is 5.92 Å². The molecule has 0 heterocycles. The van der Waals surface area contributed by atoms with Gasteiger partial charge < -0.3 is 5.11 Å². The van der Waals surface area contributed by atoms with Crippen LogP contribution in [0.3, 0.4) is 0 Å². The average Bonchev–Trinajstić information content (AvgIpc) is 2.33. The third-order valence-corrected chi connectivity index (χ3v) is 3.59. The fourth-order valence-corrected chi connectivity index (χ4v) is 2.65. The summed E-state index contributed by atoms with van der Waals surface area (Å²) in [6.07, 6.45) is 7.66. The predicted molar refractivity (Wildman–Crippen MR) is 71.9 cm³/mol. The number of benzene rings is 1. The van der Waals surface area contributed by atoms with Crippen molar-refractivity contribution >= 4 is 0 Å². The van der Waals surface area contributed by atoms with Crippen LogP contribution >= 0.6 is 0 Å². The Balaban J connectivity index is 1.89. The van der Waals surface area contributed by atoms with Gasteiger partial charge in [-0.1, -0.05) is 42.0 Å². The molecule has 0 radical (unpaired) electrons. The normalized spacial score (nSPS) is 25.9. The van der Waals surface area contributed by atoms with E-state index in [0.29, 0.717) is 5.92 Å². The second-order valence-electron chi connectivity index (χ2n) is 5.24. The smallest absolute Gasteiger partial charge is 0.0540 e. The lowest BCUT2D eigenvalue weighted by molar-refractivity contribution is 0.117. The molecular formula is C16H22O. The lowest BCUT2D eigenvalue weighted by atomic mass is 9.86. The summed E-state index contributed by atoms with van der Waals surface area (Å²) in [6, 6.07) is 10.6. The molecule has 1 fully saturated rings. The molecule has 1 N–H and O–H groups in total. The Bertz CT molecular complexity index is 358. The SMILES string of the molecule is CC(=CC1CCC(O)CC1)Cc1ccccc1. The van der Waals surface area contributed by atoms with Crippen molar-refractivity contribution < 1.29 is 5.11 Å². The Labute approximate surface area is 104 Å². The number of hydrogen-bond acceptors (Lipinski definition) is 1. The molecule has 0 aromatic heterocycles. The van der Waals surface area contributed by atoms with Gasteiger partial charge in [-0.15, -0.1) is 0 Å². The topological polar surface area (TPSA) is 20.2 Å². The van der Waals surface area contributed by atoms with E-state index in [0.717, 1.165) is 32.1 Å². The van der Waals surface area contributed by atoms with E-state index in [9.17, 15) is 5.11 Å². The van der Waals surface area contributed by atoms with Crippen LogP contribution in [0.15, 0.2) is 42.0 Å². The minimum absolute atomic E-state index is 0.0471. The van der Waals surface area contributed by atoms with E-state index in [4.69, 9.17) is 0 Å². The summed E-state index contributed by atoms with van der Waals surface area (Å²) in [5, 5.41) is 9.48. The van der Waals surface area contributed by atoms with Crippen LogP contribution in [0.2, 0.25) is 0 Å². The zero-order valence-electron chi connectivity index (χ0n) is 10.6. The van der Waals surface area contributed by atoms with Crippen LogP contribution in [-0.2, 0) is 6.42 Å². The van der Waals surface area contributed by atoms with Crippen molar-refractivity contribution in [3.63, 3.8) is 0 Å². The van der Waals surface area contributed by atoms with Gasteiger partial charge in [-0.25, -0.2) is 0 Å². The summed E-state index contributed by atoms with van der Waals surface area (Å²) in [5.41, 5.74) is 2.84. The van der Waals surface area contributed by atoms with Gasteiger partial charge in [0, 0.05) is 0 Å². The van der Waals surface area contributed by atoms with E-state index >= 15 is 0 Å². The average molecular weight is 230 g/mol. The quantitative estimate of drug-likeness (QED) is 0.784.